The maximum absolute atomic E-state index is 13.4. The molecule has 4 heteroatoms. The van der Waals surface area contributed by atoms with Crippen molar-refractivity contribution in [1.82, 2.24) is 5.32 Å². The number of carbonyl (C=O) groups excluding carboxylic acids is 1. The van der Waals surface area contributed by atoms with Gasteiger partial charge in [-0.25, -0.2) is 4.39 Å². The second kappa shape index (κ2) is 8.25. The lowest BCUT2D eigenvalue weighted by Crippen LogP contribution is -2.22. The number of amides is 1. The second-order valence-electron chi connectivity index (χ2n) is 4.32. The van der Waals surface area contributed by atoms with Crippen LogP contribution < -0.4 is 5.32 Å². The molecule has 0 saturated heterocycles. The summed E-state index contributed by atoms with van der Waals surface area (Å²) in [7, 11) is 0. The van der Waals surface area contributed by atoms with Crippen LogP contribution in [0.4, 0.5) is 4.39 Å². The van der Waals surface area contributed by atoms with Crippen molar-refractivity contribution in [2.24, 2.45) is 0 Å². The number of nitrogens with one attached hydrogen (secondary N) is 1. The summed E-state index contributed by atoms with van der Waals surface area (Å²) in [4.78, 5) is 11.5. The molecule has 0 aliphatic carbocycles. The molecule has 1 amide bonds. The molecule has 0 heterocycles. The average Bonchev–Trinajstić information content (AvgIpc) is 2.36. The highest BCUT2D eigenvalue weighted by atomic mass is 79.9. The van der Waals surface area contributed by atoms with Crippen molar-refractivity contribution in [3.63, 3.8) is 0 Å². The van der Waals surface area contributed by atoms with E-state index in [2.05, 4.69) is 28.2 Å². The Bertz CT molecular complexity index is 395. The molecule has 100 valence electrons. The predicted molar refractivity (Wildman–Crippen MR) is 74.7 cm³/mol. The average molecular weight is 316 g/mol. The number of halogens is 2. The van der Waals surface area contributed by atoms with Gasteiger partial charge in [0.05, 0.1) is 0 Å². The van der Waals surface area contributed by atoms with Gasteiger partial charge in [-0.05, 0) is 24.6 Å². The molecule has 0 aliphatic rings. The van der Waals surface area contributed by atoms with E-state index in [-0.39, 0.29) is 18.3 Å². The number of unbranched alkanes of at least 4 members (excludes halogenated alkanes) is 3. The summed E-state index contributed by atoms with van der Waals surface area (Å²) in [5.74, 6) is -0.296. The van der Waals surface area contributed by atoms with Crippen LogP contribution in [0.1, 0.15) is 44.6 Å². The van der Waals surface area contributed by atoms with Crippen molar-refractivity contribution < 1.29 is 9.18 Å². The summed E-state index contributed by atoms with van der Waals surface area (Å²) in [5.41, 5.74) is 0.506. The summed E-state index contributed by atoms with van der Waals surface area (Å²) in [6.07, 6.45) is 4.82. The summed E-state index contributed by atoms with van der Waals surface area (Å²) in [5, 5.41) is 2.74. The Balaban J connectivity index is 2.31. The molecule has 0 atom stereocenters. The fraction of sp³-hybridized carbons (Fsp3) is 0.500. The molecular formula is C14H19BrFNO. The standard InChI is InChI=1S/C14H19BrFNO/c1-2-3-4-5-6-14(18)17-10-11-9-12(15)7-8-13(11)16/h7-9H,2-6,10H2,1H3,(H,17,18). The van der Waals surface area contributed by atoms with Crippen LogP contribution in [0.15, 0.2) is 22.7 Å². The highest BCUT2D eigenvalue weighted by molar-refractivity contribution is 9.10. The summed E-state index contributed by atoms with van der Waals surface area (Å²) in [6, 6.07) is 4.73. The van der Waals surface area contributed by atoms with E-state index in [1.165, 1.54) is 6.07 Å². The van der Waals surface area contributed by atoms with Crippen molar-refractivity contribution >= 4 is 21.8 Å². The topological polar surface area (TPSA) is 29.1 Å². The Morgan fingerprint density at radius 3 is 2.83 bits per heavy atom. The molecule has 1 rings (SSSR count). The summed E-state index contributed by atoms with van der Waals surface area (Å²) >= 11 is 3.28. The van der Waals surface area contributed by atoms with Crippen molar-refractivity contribution in [3.05, 3.63) is 34.1 Å². The van der Waals surface area contributed by atoms with Crippen LogP contribution in [0.25, 0.3) is 0 Å². The molecule has 0 fully saturated rings. The van der Waals surface area contributed by atoms with Crippen molar-refractivity contribution in [2.45, 2.75) is 45.6 Å². The Hall–Kier alpha value is -0.900. The van der Waals surface area contributed by atoms with Crippen LogP contribution in [0.5, 0.6) is 0 Å². The van der Waals surface area contributed by atoms with Gasteiger partial charge in [0, 0.05) is 23.0 Å². The smallest absolute Gasteiger partial charge is 0.220 e. The molecule has 0 radical (unpaired) electrons. The third kappa shape index (κ3) is 5.63. The Morgan fingerprint density at radius 2 is 2.11 bits per heavy atom. The fourth-order valence-electron chi connectivity index (χ4n) is 1.67. The molecular weight excluding hydrogens is 297 g/mol. The summed E-state index contributed by atoms with van der Waals surface area (Å²) in [6.45, 7) is 2.38. The largest absolute Gasteiger partial charge is 0.352 e. The van der Waals surface area contributed by atoms with Gasteiger partial charge in [0.15, 0.2) is 0 Å². The normalized spacial score (nSPS) is 10.4. The Morgan fingerprint density at radius 1 is 1.33 bits per heavy atom. The molecule has 0 saturated carbocycles. The number of benzene rings is 1. The van der Waals surface area contributed by atoms with Gasteiger partial charge in [-0.15, -0.1) is 0 Å². The highest BCUT2D eigenvalue weighted by Crippen LogP contribution is 2.15. The number of rotatable bonds is 7. The quantitative estimate of drug-likeness (QED) is 0.751. The third-order valence-electron chi connectivity index (χ3n) is 2.74. The minimum absolute atomic E-state index is 0.00882. The van der Waals surface area contributed by atoms with Crippen LogP contribution in [-0.2, 0) is 11.3 Å². The van der Waals surface area contributed by atoms with Gasteiger partial charge in [-0.1, -0.05) is 42.1 Å². The van der Waals surface area contributed by atoms with Crippen LogP contribution in [-0.4, -0.2) is 5.91 Å². The first-order valence-electron chi connectivity index (χ1n) is 6.34. The van der Waals surface area contributed by atoms with E-state index < -0.39 is 0 Å². The lowest BCUT2D eigenvalue weighted by molar-refractivity contribution is -0.121. The first kappa shape index (κ1) is 15.2. The monoisotopic (exact) mass is 315 g/mol. The van der Waals surface area contributed by atoms with E-state index >= 15 is 0 Å². The summed E-state index contributed by atoms with van der Waals surface area (Å²) < 4.78 is 14.2. The van der Waals surface area contributed by atoms with Crippen molar-refractivity contribution in [2.75, 3.05) is 0 Å². The minimum atomic E-state index is -0.288. The molecule has 0 spiro atoms. The zero-order chi connectivity index (χ0) is 13.4. The van der Waals surface area contributed by atoms with Gasteiger partial charge in [-0.2, -0.15) is 0 Å². The maximum atomic E-state index is 13.4. The first-order valence-corrected chi connectivity index (χ1v) is 7.13. The van der Waals surface area contributed by atoms with E-state index in [0.717, 1.165) is 30.2 Å². The van der Waals surface area contributed by atoms with Crippen LogP contribution in [0, 0.1) is 5.82 Å². The highest BCUT2D eigenvalue weighted by Gasteiger charge is 2.05. The molecule has 1 N–H and O–H groups in total. The van der Waals surface area contributed by atoms with E-state index in [1.54, 1.807) is 12.1 Å². The molecule has 18 heavy (non-hydrogen) atoms. The van der Waals surface area contributed by atoms with Gasteiger partial charge in [0.2, 0.25) is 5.91 Å². The Labute approximate surface area is 116 Å². The van der Waals surface area contributed by atoms with Gasteiger partial charge >= 0.3 is 0 Å². The first-order chi connectivity index (χ1) is 8.63. The molecule has 0 aliphatic heterocycles. The SMILES string of the molecule is CCCCCCC(=O)NCc1cc(Br)ccc1F. The molecule has 0 bridgehead atoms. The number of hydrogen-bond donors (Lipinski definition) is 1. The van der Waals surface area contributed by atoms with Crippen LogP contribution >= 0.6 is 15.9 Å². The maximum Gasteiger partial charge on any atom is 0.220 e. The predicted octanol–water partition coefficient (Wildman–Crippen LogP) is 4.17. The molecule has 1 aromatic rings. The van der Waals surface area contributed by atoms with E-state index in [0.29, 0.717) is 12.0 Å². The zero-order valence-corrected chi connectivity index (χ0v) is 12.2. The van der Waals surface area contributed by atoms with Crippen molar-refractivity contribution in [1.29, 1.82) is 0 Å². The lowest BCUT2D eigenvalue weighted by Gasteiger charge is -2.06. The van der Waals surface area contributed by atoms with Crippen LogP contribution in [0.3, 0.4) is 0 Å². The fourth-order valence-corrected chi connectivity index (χ4v) is 2.08. The lowest BCUT2D eigenvalue weighted by atomic mass is 10.1. The van der Waals surface area contributed by atoms with Crippen LogP contribution in [0.2, 0.25) is 0 Å². The van der Waals surface area contributed by atoms with Gasteiger partial charge in [0.1, 0.15) is 5.82 Å². The second-order valence-corrected chi connectivity index (χ2v) is 5.24. The molecule has 2 nitrogen and oxygen atoms in total. The number of carbonyl (C=O) groups is 1. The van der Waals surface area contributed by atoms with E-state index in [1.807, 2.05) is 0 Å². The molecule has 0 unspecified atom stereocenters. The zero-order valence-electron chi connectivity index (χ0n) is 10.6. The molecule has 0 aromatic heterocycles. The van der Waals surface area contributed by atoms with Gasteiger partial charge in [-0.3, -0.25) is 4.79 Å². The Kier molecular flexibility index (Phi) is 6.94. The van der Waals surface area contributed by atoms with Gasteiger partial charge < -0.3 is 5.32 Å². The van der Waals surface area contributed by atoms with E-state index in [4.69, 9.17) is 0 Å². The van der Waals surface area contributed by atoms with Crippen molar-refractivity contribution in [3.8, 4) is 0 Å². The minimum Gasteiger partial charge on any atom is -0.352 e. The van der Waals surface area contributed by atoms with Gasteiger partial charge in [0.25, 0.3) is 0 Å². The number of hydrogen-bond acceptors (Lipinski definition) is 1. The van der Waals surface area contributed by atoms with E-state index in [9.17, 15) is 9.18 Å². The molecule has 1 aromatic carbocycles. The third-order valence-corrected chi connectivity index (χ3v) is 3.23.